The molecule has 140 valence electrons. The third kappa shape index (κ3) is 8.08. The quantitative estimate of drug-likeness (QED) is 0.681. The number of ether oxygens (including phenoxy) is 2. The lowest BCUT2D eigenvalue weighted by Crippen LogP contribution is -2.48. The van der Waals surface area contributed by atoms with E-state index in [4.69, 9.17) is 21.1 Å². The minimum atomic E-state index is 0.0456. The van der Waals surface area contributed by atoms with E-state index in [0.29, 0.717) is 36.9 Å². The number of rotatable bonds is 9. The predicted molar refractivity (Wildman–Crippen MR) is 100 cm³/mol. The van der Waals surface area contributed by atoms with Gasteiger partial charge in [-0.05, 0) is 36.6 Å². The third-order valence-electron chi connectivity index (χ3n) is 4.00. The third-order valence-corrected chi connectivity index (χ3v) is 4.26. The number of nitrogens with zero attached hydrogens (tertiary/aromatic N) is 1. The van der Waals surface area contributed by atoms with Crippen LogP contribution in [0.5, 0.6) is 5.75 Å². The lowest BCUT2D eigenvalue weighted by Gasteiger charge is -2.33. The number of amides is 1. The van der Waals surface area contributed by atoms with Crippen molar-refractivity contribution in [2.24, 2.45) is 5.92 Å². The molecule has 1 aliphatic heterocycles. The summed E-state index contributed by atoms with van der Waals surface area (Å²) in [6.45, 7) is 9.21. The van der Waals surface area contributed by atoms with Gasteiger partial charge in [0.05, 0.1) is 19.3 Å². The van der Waals surface area contributed by atoms with Crippen LogP contribution in [0.15, 0.2) is 24.3 Å². The van der Waals surface area contributed by atoms with E-state index in [1.807, 2.05) is 12.1 Å². The van der Waals surface area contributed by atoms with Crippen LogP contribution in [-0.4, -0.2) is 56.3 Å². The first kappa shape index (κ1) is 20.0. The molecule has 1 amide bonds. The molecule has 1 fully saturated rings. The fourth-order valence-electron chi connectivity index (χ4n) is 2.86. The lowest BCUT2D eigenvalue weighted by atomic mass is 10.2. The van der Waals surface area contributed by atoms with E-state index in [1.54, 1.807) is 12.1 Å². The molecule has 5 nitrogen and oxygen atoms in total. The molecule has 1 atom stereocenters. The summed E-state index contributed by atoms with van der Waals surface area (Å²) >= 11 is 5.83. The first-order valence-electron chi connectivity index (χ1n) is 9.02. The molecule has 1 heterocycles. The Morgan fingerprint density at radius 1 is 1.40 bits per heavy atom. The van der Waals surface area contributed by atoms with Crippen molar-refractivity contribution in [2.75, 3.05) is 39.4 Å². The second-order valence-electron chi connectivity index (χ2n) is 6.86. The van der Waals surface area contributed by atoms with Crippen LogP contribution in [0, 0.1) is 5.92 Å². The molecule has 0 aliphatic carbocycles. The van der Waals surface area contributed by atoms with Gasteiger partial charge in [-0.2, -0.15) is 0 Å². The van der Waals surface area contributed by atoms with Gasteiger partial charge in [-0.25, -0.2) is 0 Å². The zero-order valence-electron chi connectivity index (χ0n) is 15.2. The largest absolute Gasteiger partial charge is 0.494 e. The van der Waals surface area contributed by atoms with E-state index in [2.05, 4.69) is 24.1 Å². The second-order valence-corrected chi connectivity index (χ2v) is 7.29. The molecule has 1 aromatic carbocycles. The molecule has 1 aliphatic rings. The SMILES string of the molecule is CC(C)CN1CCOC(CNC(=O)CCCOc2ccc(Cl)cc2)C1. The highest BCUT2D eigenvalue weighted by Gasteiger charge is 2.21. The molecule has 1 N–H and O–H groups in total. The summed E-state index contributed by atoms with van der Waals surface area (Å²) in [5.74, 6) is 1.46. The average Bonchev–Trinajstić information content (AvgIpc) is 2.58. The Labute approximate surface area is 155 Å². The van der Waals surface area contributed by atoms with Crippen LogP contribution < -0.4 is 10.1 Å². The van der Waals surface area contributed by atoms with Crippen molar-refractivity contribution in [3.05, 3.63) is 29.3 Å². The molecular weight excluding hydrogens is 340 g/mol. The Bertz CT molecular complexity index is 522. The Kier molecular flexibility index (Phi) is 8.52. The standard InChI is InChI=1S/C19H29ClN2O3/c1-15(2)13-22-9-11-25-18(14-22)12-21-19(23)4-3-10-24-17-7-5-16(20)6-8-17/h5-8,15,18H,3-4,9-14H2,1-2H3,(H,21,23). The summed E-state index contributed by atoms with van der Waals surface area (Å²) in [6.07, 6.45) is 1.22. The van der Waals surface area contributed by atoms with Crippen molar-refractivity contribution in [1.29, 1.82) is 0 Å². The highest BCUT2D eigenvalue weighted by atomic mass is 35.5. The van der Waals surface area contributed by atoms with E-state index in [-0.39, 0.29) is 12.0 Å². The minimum Gasteiger partial charge on any atom is -0.494 e. The van der Waals surface area contributed by atoms with Gasteiger partial charge in [0, 0.05) is 37.6 Å². The van der Waals surface area contributed by atoms with Gasteiger partial charge in [-0.1, -0.05) is 25.4 Å². The molecule has 25 heavy (non-hydrogen) atoms. The van der Waals surface area contributed by atoms with Gasteiger partial charge in [0.1, 0.15) is 5.75 Å². The summed E-state index contributed by atoms with van der Waals surface area (Å²) < 4.78 is 11.3. The van der Waals surface area contributed by atoms with Crippen LogP contribution in [0.1, 0.15) is 26.7 Å². The van der Waals surface area contributed by atoms with Gasteiger partial charge in [-0.3, -0.25) is 9.69 Å². The van der Waals surface area contributed by atoms with Gasteiger partial charge in [0.2, 0.25) is 5.91 Å². The maximum Gasteiger partial charge on any atom is 0.220 e. The van der Waals surface area contributed by atoms with Gasteiger partial charge in [-0.15, -0.1) is 0 Å². The first-order chi connectivity index (χ1) is 12.0. The van der Waals surface area contributed by atoms with Gasteiger partial charge in [0.15, 0.2) is 0 Å². The number of benzene rings is 1. The first-order valence-corrected chi connectivity index (χ1v) is 9.39. The molecular formula is C19H29ClN2O3. The number of halogens is 1. The molecule has 0 bridgehead atoms. The second kappa shape index (κ2) is 10.6. The number of hydrogen-bond acceptors (Lipinski definition) is 4. The highest BCUT2D eigenvalue weighted by Crippen LogP contribution is 2.15. The molecule has 1 saturated heterocycles. The lowest BCUT2D eigenvalue weighted by molar-refractivity contribution is -0.122. The van der Waals surface area contributed by atoms with Gasteiger partial charge in [0.25, 0.3) is 0 Å². The van der Waals surface area contributed by atoms with E-state index in [9.17, 15) is 4.79 Å². The Morgan fingerprint density at radius 3 is 2.88 bits per heavy atom. The summed E-state index contributed by atoms with van der Waals surface area (Å²) in [7, 11) is 0. The normalized spacial score (nSPS) is 18.3. The van der Waals surface area contributed by atoms with E-state index in [1.165, 1.54) is 0 Å². The Morgan fingerprint density at radius 2 is 2.16 bits per heavy atom. The molecule has 1 unspecified atom stereocenters. The summed E-state index contributed by atoms with van der Waals surface area (Å²) in [6, 6.07) is 7.23. The van der Waals surface area contributed by atoms with E-state index in [0.717, 1.165) is 32.0 Å². The maximum absolute atomic E-state index is 11.9. The summed E-state index contributed by atoms with van der Waals surface area (Å²) in [5.41, 5.74) is 0. The molecule has 2 rings (SSSR count). The predicted octanol–water partition coefficient (Wildman–Crippen LogP) is 2.97. The van der Waals surface area contributed by atoms with Crippen molar-refractivity contribution in [2.45, 2.75) is 32.8 Å². The topological polar surface area (TPSA) is 50.8 Å². The monoisotopic (exact) mass is 368 g/mol. The van der Waals surface area contributed by atoms with Crippen molar-refractivity contribution >= 4 is 17.5 Å². The van der Waals surface area contributed by atoms with Crippen LogP contribution >= 0.6 is 11.6 Å². The van der Waals surface area contributed by atoms with Crippen LogP contribution in [0.3, 0.4) is 0 Å². The fraction of sp³-hybridized carbons (Fsp3) is 0.632. The summed E-state index contributed by atoms with van der Waals surface area (Å²) in [5, 5.41) is 3.65. The van der Waals surface area contributed by atoms with Crippen LogP contribution in [-0.2, 0) is 9.53 Å². The highest BCUT2D eigenvalue weighted by molar-refractivity contribution is 6.30. The smallest absolute Gasteiger partial charge is 0.220 e. The van der Waals surface area contributed by atoms with Crippen LogP contribution in [0.4, 0.5) is 0 Å². The number of morpholine rings is 1. The van der Waals surface area contributed by atoms with Crippen LogP contribution in [0.2, 0.25) is 5.02 Å². The fourth-order valence-corrected chi connectivity index (χ4v) is 2.98. The van der Waals surface area contributed by atoms with Crippen molar-refractivity contribution in [1.82, 2.24) is 10.2 Å². The van der Waals surface area contributed by atoms with E-state index < -0.39 is 0 Å². The number of hydrogen-bond donors (Lipinski definition) is 1. The molecule has 0 radical (unpaired) electrons. The zero-order valence-corrected chi connectivity index (χ0v) is 15.9. The van der Waals surface area contributed by atoms with Crippen molar-refractivity contribution in [3.63, 3.8) is 0 Å². The summed E-state index contributed by atoms with van der Waals surface area (Å²) in [4.78, 5) is 14.4. The number of carbonyl (C=O) groups is 1. The number of carbonyl (C=O) groups excluding carboxylic acids is 1. The molecule has 0 aromatic heterocycles. The Hall–Kier alpha value is -1.30. The molecule has 0 saturated carbocycles. The molecule has 6 heteroatoms. The van der Waals surface area contributed by atoms with Gasteiger partial charge < -0.3 is 14.8 Å². The molecule has 1 aromatic rings. The van der Waals surface area contributed by atoms with Gasteiger partial charge >= 0.3 is 0 Å². The molecule has 0 spiro atoms. The average molecular weight is 369 g/mol. The maximum atomic E-state index is 11.9. The van der Waals surface area contributed by atoms with Crippen molar-refractivity contribution < 1.29 is 14.3 Å². The Balaban J connectivity index is 1.56. The minimum absolute atomic E-state index is 0.0456. The van der Waals surface area contributed by atoms with Crippen LogP contribution in [0.25, 0.3) is 0 Å². The number of nitrogens with one attached hydrogen (secondary N) is 1. The zero-order chi connectivity index (χ0) is 18.1. The van der Waals surface area contributed by atoms with E-state index >= 15 is 0 Å². The van der Waals surface area contributed by atoms with Crippen molar-refractivity contribution in [3.8, 4) is 5.75 Å².